The molecule has 1 aliphatic heterocycles. The van der Waals surface area contributed by atoms with Crippen LogP contribution in [0.2, 0.25) is 0 Å². The molecule has 0 atom stereocenters. The first-order chi connectivity index (χ1) is 9.91. The zero-order chi connectivity index (χ0) is 15.5. The van der Waals surface area contributed by atoms with E-state index in [0.29, 0.717) is 0 Å². The third-order valence-corrected chi connectivity index (χ3v) is 4.11. The first kappa shape index (κ1) is 16.1. The predicted molar refractivity (Wildman–Crippen MR) is 86.7 cm³/mol. The van der Waals surface area contributed by atoms with Crippen molar-refractivity contribution in [2.75, 3.05) is 37.3 Å². The second kappa shape index (κ2) is 6.64. The fraction of sp³-hybridized carbons (Fsp3) is 0.667. The molecule has 2 heterocycles. The minimum Gasteiger partial charge on any atom is -0.355 e. The lowest BCUT2D eigenvalue weighted by atomic mass is 9.94. The van der Waals surface area contributed by atoms with Crippen LogP contribution in [0, 0.1) is 5.41 Å². The molecule has 1 saturated heterocycles. The Morgan fingerprint density at radius 3 is 2.67 bits per heavy atom. The van der Waals surface area contributed by atoms with Crippen molar-refractivity contribution in [2.24, 2.45) is 5.41 Å². The lowest BCUT2D eigenvalue weighted by Crippen LogP contribution is -2.41. The minimum absolute atomic E-state index is 0.233. The summed E-state index contributed by atoms with van der Waals surface area (Å²) >= 11 is 1.55. The Labute approximate surface area is 131 Å². The van der Waals surface area contributed by atoms with Gasteiger partial charge >= 0.3 is 0 Å². The van der Waals surface area contributed by atoms with Crippen molar-refractivity contribution in [3.05, 3.63) is 12.3 Å². The van der Waals surface area contributed by atoms with Crippen LogP contribution in [-0.2, 0) is 4.79 Å². The smallest absolute Gasteiger partial charge is 0.228 e. The zero-order valence-corrected chi connectivity index (χ0v) is 14.1. The molecular formula is C15H24N4OS. The van der Waals surface area contributed by atoms with Crippen molar-refractivity contribution >= 4 is 23.5 Å². The molecule has 0 saturated carbocycles. The maximum absolute atomic E-state index is 12.4. The van der Waals surface area contributed by atoms with Gasteiger partial charge in [-0.1, -0.05) is 32.5 Å². The van der Waals surface area contributed by atoms with E-state index in [1.54, 1.807) is 18.0 Å². The Kier molecular flexibility index (Phi) is 5.08. The van der Waals surface area contributed by atoms with Gasteiger partial charge in [0.1, 0.15) is 5.82 Å². The van der Waals surface area contributed by atoms with Gasteiger partial charge in [0.05, 0.1) is 0 Å². The average Bonchev–Trinajstić information content (AvgIpc) is 2.71. The number of carbonyl (C=O) groups excluding carboxylic acids is 1. The molecule has 0 N–H and O–H groups in total. The lowest BCUT2D eigenvalue weighted by Gasteiger charge is -2.28. The summed E-state index contributed by atoms with van der Waals surface area (Å²) in [5.74, 6) is 1.19. The number of hydrogen-bond donors (Lipinski definition) is 0. The molecule has 116 valence electrons. The lowest BCUT2D eigenvalue weighted by molar-refractivity contribution is -0.139. The number of nitrogens with zero attached hydrogens (tertiary/aromatic N) is 4. The maximum atomic E-state index is 12.4. The standard InChI is InChI=1S/C15H24N4OS/c1-15(2,3)13(20)19-9-5-8-18(10-11-19)12-6-7-16-14(17-12)21-4/h6-7H,5,8-11H2,1-4H3. The van der Waals surface area contributed by atoms with Crippen LogP contribution in [0.1, 0.15) is 27.2 Å². The highest BCUT2D eigenvalue weighted by molar-refractivity contribution is 7.98. The second-order valence-electron chi connectivity index (χ2n) is 6.28. The third kappa shape index (κ3) is 4.09. The summed E-state index contributed by atoms with van der Waals surface area (Å²) in [5, 5.41) is 0.791. The van der Waals surface area contributed by atoms with Gasteiger partial charge in [0.2, 0.25) is 5.91 Å². The zero-order valence-electron chi connectivity index (χ0n) is 13.3. The number of hydrogen-bond acceptors (Lipinski definition) is 5. The van der Waals surface area contributed by atoms with Crippen molar-refractivity contribution in [3.63, 3.8) is 0 Å². The van der Waals surface area contributed by atoms with Gasteiger partial charge in [-0.2, -0.15) is 0 Å². The van der Waals surface area contributed by atoms with Gasteiger partial charge in [0.25, 0.3) is 0 Å². The van der Waals surface area contributed by atoms with E-state index < -0.39 is 0 Å². The number of amides is 1. The van der Waals surface area contributed by atoms with Crippen molar-refractivity contribution < 1.29 is 4.79 Å². The molecule has 0 aliphatic carbocycles. The first-order valence-electron chi connectivity index (χ1n) is 7.33. The first-order valence-corrected chi connectivity index (χ1v) is 8.55. The van der Waals surface area contributed by atoms with Crippen molar-refractivity contribution in [1.29, 1.82) is 0 Å². The van der Waals surface area contributed by atoms with Crippen LogP contribution in [0.15, 0.2) is 17.4 Å². The van der Waals surface area contributed by atoms with E-state index in [0.717, 1.165) is 43.6 Å². The molecule has 5 nitrogen and oxygen atoms in total. The highest BCUT2D eigenvalue weighted by atomic mass is 32.2. The second-order valence-corrected chi connectivity index (χ2v) is 7.06. The number of aromatic nitrogens is 2. The molecule has 2 rings (SSSR count). The van der Waals surface area contributed by atoms with Gasteiger partial charge in [0, 0.05) is 37.8 Å². The Morgan fingerprint density at radius 1 is 1.24 bits per heavy atom. The Bertz CT molecular complexity index is 501. The predicted octanol–water partition coefficient (Wildman–Crippen LogP) is 2.28. The molecule has 1 aromatic rings. The van der Waals surface area contributed by atoms with Gasteiger partial charge in [-0.3, -0.25) is 4.79 Å². The van der Waals surface area contributed by atoms with Gasteiger partial charge in [-0.05, 0) is 18.7 Å². The molecule has 21 heavy (non-hydrogen) atoms. The molecule has 0 unspecified atom stereocenters. The monoisotopic (exact) mass is 308 g/mol. The van der Waals surface area contributed by atoms with Crippen molar-refractivity contribution in [1.82, 2.24) is 14.9 Å². The van der Waals surface area contributed by atoms with Gasteiger partial charge < -0.3 is 9.80 Å². The highest BCUT2D eigenvalue weighted by Crippen LogP contribution is 2.21. The molecule has 0 aromatic carbocycles. The van der Waals surface area contributed by atoms with Crippen LogP contribution < -0.4 is 4.90 Å². The quantitative estimate of drug-likeness (QED) is 0.620. The van der Waals surface area contributed by atoms with Crippen LogP contribution in [0.3, 0.4) is 0 Å². The average molecular weight is 308 g/mol. The van der Waals surface area contributed by atoms with Crippen LogP contribution in [-0.4, -0.2) is 53.2 Å². The van der Waals surface area contributed by atoms with E-state index in [1.807, 2.05) is 38.0 Å². The normalized spacial score (nSPS) is 16.8. The highest BCUT2D eigenvalue weighted by Gasteiger charge is 2.28. The molecule has 1 aliphatic rings. The van der Waals surface area contributed by atoms with Crippen molar-refractivity contribution in [2.45, 2.75) is 32.3 Å². The summed E-state index contributed by atoms with van der Waals surface area (Å²) in [7, 11) is 0. The summed E-state index contributed by atoms with van der Waals surface area (Å²) in [6, 6.07) is 1.95. The summed E-state index contributed by atoms with van der Waals surface area (Å²) in [5.41, 5.74) is -0.309. The molecular weight excluding hydrogens is 284 g/mol. The van der Waals surface area contributed by atoms with E-state index in [9.17, 15) is 4.79 Å². The van der Waals surface area contributed by atoms with E-state index in [1.165, 1.54) is 0 Å². The Balaban J connectivity index is 2.05. The number of anilines is 1. The minimum atomic E-state index is -0.309. The molecule has 1 fully saturated rings. The number of thioether (sulfide) groups is 1. The SMILES string of the molecule is CSc1nccc(N2CCCN(C(=O)C(C)(C)C)CC2)n1. The molecule has 0 bridgehead atoms. The van der Waals surface area contributed by atoms with Gasteiger partial charge in [-0.25, -0.2) is 9.97 Å². The van der Waals surface area contributed by atoms with Crippen LogP contribution in [0.4, 0.5) is 5.82 Å². The molecule has 1 amide bonds. The largest absolute Gasteiger partial charge is 0.355 e. The summed E-state index contributed by atoms with van der Waals surface area (Å²) in [4.78, 5) is 25.4. The Morgan fingerprint density at radius 2 is 2.00 bits per heavy atom. The molecule has 6 heteroatoms. The Hall–Kier alpha value is -1.30. The fourth-order valence-corrected chi connectivity index (χ4v) is 2.78. The van der Waals surface area contributed by atoms with Gasteiger partial charge in [0.15, 0.2) is 5.16 Å². The van der Waals surface area contributed by atoms with Crippen LogP contribution in [0.25, 0.3) is 0 Å². The van der Waals surface area contributed by atoms with E-state index >= 15 is 0 Å². The van der Waals surface area contributed by atoms with E-state index in [2.05, 4.69) is 14.9 Å². The summed E-state index contributed by atoms with van der Waals surface area (Å²) in [6.07, 6.45) is 4.75. The van der Waals surface area contributed by atoms with Gasteiger partial charge in [-0.15, -0.1) is 0 Å². The third-order valence-electron chi connectivity index (χ3n) is 3.55. The number of carbonyl (C=O) groups is 1. The summed E-state index contributed by atoms with van der Waals surface area (Å²) < 4.78 is 0. The van der Waals surface area contributed by atoms with Crippen molar-refractivity contribution in [3.8, 4) is 0 Å². The molecule has 0 radical (unpaired) electrons. The maximum Gasteiger partial charge on any atom is 0.228 e. The molecule has 0 spiro atoms. The van der Waals surface area contributed by atoms with E-state index in [4.69, 9.17) is 0 Å². The topological polar surface area (TPSA) is 49.3 Å². The van der Waals surface area contributed by atoms with Crippen LogP contribution in [0.5, 0.6) is 0 Å². The summed E-state index contributed by atoms with van der Waals surface area (Å²) in [6.45, 7) is 9.28. The molecule has 1 aromatic heterocycles. The fourth-order valence-electron chi connectivity index (χ4n) is 2.43. The van der Waals surface area contributed by atoms with Crippen LogP contribution >= 0.6 is 11.8 Å². The van der Waals surface area contributed by atoms with E-state index in [-0.39, 0.29) is 11.3 Å². The number of rotatable bonds is 2.